The van der Waals surface area contributed by atoms with Gasteiger partial charge in [0.15, 0.2) is 0 Å². The second kappa shape index (κ2) is 5.58. The number of aromatic nitrogens is 1. The van der Waals surface area contributed by atoms with E-state index in [0.717, 1.165) is 11.3 Å². The van der Waals surface area contributed by atoms with E-state index in [1.54, 1.807) is 30.7 Å². The summed E-state index contributed by atoms with van der Waals surface area (Å²) >= 11 is 0. The van der Waals surface area contributed by atoms with Crippen LogP contribution >= 0.6 is 0 Å². The van der Waals surface area contributed by atoms with Crippen molar-refractivity contribution < 1.29 is 9.90 Å². The summed E-state index contributed by atoms with van der Waals surface area (Å²) in [7, 11) is 0. The van der Waals surface area contributed by atoms with E-state index in [4.69, 9.17) is 5.11 Å². The Hall–Kier alpha value is -2.69. The maximum atomic E-state index is 10.7. The van der Waals surface area contributed by atoms with Crippen molar-refractivity contribution in [2.24, 2.45) is 5.10 Å². The molecule has 90 valence electrons. The van der Waals surface area contributed by atoms with Crippen molar-refractivity contribution in [1.29, 1.82) is 0 Å². The van der Waals surface area contributed by atoms with Crippen LogP contribution in [0.3, 0.4) is 0 Å². The Kier molecular flexibility index (Phi) is 3.66. The molecule has 18 heavy (non-hydrogen) atoms. The second-order valence-corrected chi connectivity index (χ2v) is 3.53. The van der Waals surface area contributed by atoms with E-state index in [2.05, 4.69) is 15.5 Å². The molecule has 0 radical (unpaired) electrons. The van der Waals surface area contributed by atoms with Gasteiger partial charge < -0.3 is 5.11 Å². The Morgan fingerprint density at radius 2 is 1.83 bits per heavy atom. The molecule has 2 rings (SSSR count). The van der Waals surface area contributed by atoms with Gasteiger partial charge in [-0.15, -0.1) is 0 Å². The Morgan fingerprint density at radius 3 is 2.44 bits per heavy atom. The quantitative estimate of drug-likeness (QED) is 0.635. The van der Waals surface area contributed by atoms with Crippen molar-refractivity contribution >= 4 is 17.9 Å². The smallest absolute Gasteiger partial charge is 0.335 e. The average molecular weight is 241 g/mol. The molecule has 0 atom stereocenters. The molecule has 0 aliphatic carbocycles. The number of benzene rings is 1. The summed E-state index contributed by atoms with van der Waals surface area (Å²) in [6.45, 7) is 0. The van der Waals surface area contributed by atoms with Crippen LogP contribution in [-0.4, -0.2) is 22.3 Å². The lowest BCUT2D eigenvalue weighted by Crippen LogP contribution is -1.96. The van der Waals surface area contributed by atoms with Gasteiger partial charge >= 0.3 is 5.97 Å². The van der Waals surface area contributed by atoms with Gasteiger partial charge in [-0.2, -0.15) is 5.10 Å². The van der Waals surface area contributed by atoms with Crippen molar-refractivity contribution in [3.8, 4) is 0 Å². The van der Waals surface area contributed by atoms with Crippen LogP contribution in [0.15, 0.2) is 53.9 Å². The number of anilines is 1. The van der Waals surface area contributed by atoms with Crippen molar-refractivity contribution in [1.82, 2.24) is 4.98 Å². The van der Waals surface area contributed by atoms with Gasteiger partial charge in [0.2, 0.25) is 0 Å². The van der Waals surface area contributed by atoms with Crippen LogP contribution in [0.4, 0.5) is 5.69 Å². The summed E-state index contributed by atoms with van der Waals surface area (Å²) in [6, 6.07) is 10.0. The molecule has 1 heterocycles. The first kappa shape index (κ1) is 11.8. The maximum Gasteiger partial charge on any atom is 0.335 e. The Labute approximate surface area is 104 Å². The highest BCUT2D eigenvalue weighted by atomic mass is 16.4. The fraction of sp³-hybridized carbons (Fsp3) is 0. The lowest BCUT2D eigenvalue weighted by atomic mass is 10.2. The molecular formula is C13H11N3O2. The molecule has 0 saturated heterocycles. The zero-order valence-electron chi connectivity index (χ0n) is 9.45. The van der Waals surface area contributed by atoms with Crippen LogP contribution in [0.25, 0.3) is 0 Å². The average Bonchev–Trinajstić information content (AvgIpc) is 2.40. The van der Waals surface area contributed by atoms with E-state index in [1.807, 2.05) is 12.1 Å². The number of aromatic carboxylic acids is 1. The van der Waals surface area contributed by atoms with Gasteiger partial charge in [-0.3, -0.25) is 10.4 Å². The standard InChI is InChI=1S/C13H11N3O2/c17-13(18)11-1-3-12(4-2-11)16-15-9-10-5-7-14-8-6-10/h1-9,16H,(H,17,18). The molecule has 0 fully saturated rings. The number of nitrogens with one attached hydrogen (secondary N) is 1. The Morgan fingerprint density at radius 1 is 1.17 bits per heavy atom. The number of hydrogen-bond acceptors (Lipinski definition) is 4. The number of carbonyl (C=O) groups is 1. The molecule has 0 unspecified atom stereocenters. The first-order chi connectivity index (χ1) is 8.75. The minimum atomic E-state index is -0.943. The fourth-order valence-electron chi connectivity index (χ4n) is 1.32. The van der Waals surface area contributed by atoms with Crippen LogP contribution in [0.5, 0.6) is 0 Å². The number of pyridine rings is 1. The highest BCUT2D eigenvalue weighted by Gasteiger charge is 2.00. The molecule has 0 amide bonds. The molecule has 5 nitrogen and oxygen atoms in total. The molecule has 0 bridgehead atoms. The monoisotopic (exact) mass is 241 g/mol. The second-order valence-electron chi connectivity index (χ2n) is 3.53. The molecule has 0 aliphatic rings. The topological polar surface area (TPSA) is 74.6 Å². The number of hydrogen-bond donors (Lipinski definition) is 2. The van der Waals surface area contributed by atoms with E-state index in [-0.39, 0.29) is 5.56 Å². The van der Waals surface area contributed by atoms with Gasteiger partial charge in [0.05, 0.1) is 17.5 Å². The summed E-state index contributed by atoms with van der Waals surface area (Å²) in [6.07, 6.45) is 5.03. The summed E-state index contributed by atoms with van der Waals surface area (Å²) in [5, 5.41) is 12.8. The van der Waals surface area contributed by atoms with Crippen LogP contribution in [-0.2, 0) is 0 Å². The highest BCUT2D eigenvalue weighted by Crippen LogP contribution is 2.09. The number of hydrazone groups is 1. The van der Waals surface area contributed by atoms with E-state index in [0.29, 0.717) is 0 Å². The lowest BCUT2D eigenvalue weighted by Gasteiger charge is -2.00. The zero-order valence-corrected chi connectivity index (χ0v) is 9.45. The predicted molar refractivity (Wildman–Crippen MR) is 68.9 cm³/mol. The first-order valence-electron chi connectivity index (χ1n) is 5.28. The minimum absolute atomic E-state index is 0.249. The van der Waals surface area contributed by atoms with Gasteiger partial charge in [0.1, 0.15) is 0 Å². The molecule has 1 aromatic carbocycles. The highest BCUT2D eigenvalue weighted by molar-refractivity contribution is 5.88. The van der Waals surface area contributed by atoms with E-state index < -0.39 is 5.97 Å². The van der Waals surface area contributed by atoms with Gasteiger partial charge in [0.25, 0.3) is 0 Å². The van der Waals surface area contributed by atoms with Crippen LogP contribution in [0.2, 0.25) is 0 Å². The first-order valence-corrected chi connectivity index (χ1v) is 5.28. The van der Waals surface area contributed by atoms with Gasteiger partial charge in [0, 0.05) is 12.4 Å². The van der Waals surface area contributed by atoms with E-state index in [9.17, 15) is 4.79 Å². The number of rotatable bonds is 4. The van der Waals surface area contributed by atoms with E-state index in [1.165, 1.54) is 12.1 Å². The third-order valence-electron chi connectivity index (χ3n) is 2.25. The third-order valence-corrected chi connectivity index (χ3v) is 2.25. The summed E-state index contributed by atoms with van der Waals surface area (Å²) in [4.78, 5) is 14.6. The maximum absolute atomic E-state index is 10.7. The summed E-state index contributed by atoms with van der Waals surface area (Å²) in [5.74, 6) is -0.943. The van der Waals surface area contributed by atoms with E-state index >= 15 is 0 Å². The van der Waals surface area contributed by atoms with Gasteiger partial charge in [-0.1, -0.05) is 0 Å². The van der Waals surface area contributed by atoms with Crippen molar-refractivity contribution in [3.63, 3.8) is 0 Å². The van der Waals surface area contributed by atoms with Crippen molar-refractivity contribution in [2.75, 3.05) is 5.43 Å². The minimum Gasteiger partial charge on any atom is -0.478 e. The number of carboxylic acid groups (broad SMARTS) is 1. The number of nitrogens with zero attached hydrogens (tertiary/aromatic N) is 2. The zero-order chi connectivity index (χ0) is 12.8. The third kappa shape index (κ3) is 3.15. The molecule has 5 heteroatoms. The van der Waals surface area contributed by atoms with Crippen molar-refractivity contribution in [3.05, 3.63) is 59.9 Å². The largest absolute Gasteiger partial charge is 0.478 e. The Balaban J connectivity index is 1.98. The molecule has 0 saturated carbocycles. The molecule has 2 N–H and O–H groups in total. The van der Waals surface area contributed by atoms with Crippen LogP contribution in [0.1, 0.15) is 15.9 Å². The lowest BCUT2D eigenvalue weighted by molar-refractivity contribution is 0.0697. The summed E-state index contributed by atoms with van der Waals surface area (Å²) < 4.78 is 0. The summed E-state index contributed by atoms with van der Waals surface area (Å²) in [5.41, 5.74) is 4.72. The van der Waals surface area contributed by atoms with Gasteiger partial charge in [-0.25, -0.2) is 4.79 Å². The molecular weight excluding hydrogens is 230 g/mol. The van der Waals surface area contributed by atoms with Gasteiger partial charge in [-0.05, 0) is 42.0 Å². The number of carboxylic acids is 1. The SMILES string of the molecule is O=C(O)c1ccc(NN=Cc2ccncc2)cc1. The van der Waals surface area contributed by atoms with Crippen molar-refractivity contribution in [2.45, 2.75) is 0 Å². The van der Waals surface area contributed by atoms with Crippen LogP contribution in [0, 0.1) is 0 Å². The fourth-order valence-corrected chi connectivity index (χ4v) is 1.32. The molecule has 0 aliphatic heterocycles. The predicted octanol–water partition coefficient (Wildman–Crippen LogP) is 2.23. The van der Waals surface area contributed by atoms with Crippen LogP contribution < -0.4 is 5.43 Å². The molecule has 1 aromatic heterocycles. The molecule has 2 aromatic rings. The Bertz CT molecular complexity index is 550. The molecule has 0 spiro atoms. The normalized spacial score (nSPS) is 10.4.